The Kier molecular flexibility index (Phi) is 3.37. The lowest BCUT2D eigenvalue weighted by Crippen LogP contribution is -2.41. The number of hydrogen-bond acceptors (Lipinski definition) is 3. The summed E-state index contributed by atoms with van der Waals surface area (Å²) in [5, 5.41) is 8.87. The quantitative estimate of drug-likeness (QED) is 0.764. The number of hydrogen-bond donors (Lipinski definition) is 0. The summed E-state index contributed by atoms with van der Waals surface area (Å²) in [5.74, 6) is 0.211. The highest BCUT2D eigenvalue weighted by molar-refractivity contribution is 6.05. The molecule has 1 spiro atoms. The van der Waals surface area contributed by atoms with Crippen molar-refractivity contribution in [2.24, 2.45) is 10.2 Å². The summed E-state index contributed by atoms with van der Waals surface area (Å²) in [6.07, 6.45) is 2.70. The SMILES string of the molecule is Cc1ccccc1C1CN=NC12CCCc1ccccc1C2=O. The first-order valence-corrected chi connectivity index (χ1v) is 8.29. The molecule has 0 radical (unpaired) electrons. The molecule has 3 heteroatoms. The molecule has 0 saturated heterocycles. The Labute approximate surface area is 136 Å². The number of carbonyl (C=O) groups is 1. The average molecular weight is 304 g/mol. The monoisotopic (exact) mass is 304 g/mol. The van der Waals surface area contributed by atoms with E-state index >= 15 is 0 Å². The fraction of sp³-hybridized carbons (Fsp3) is 0.350. The number of rotatable bonds is 1. The van der Waals surface area contributed by atoms with E-state index in [9.17, 15) is 4.79 Å². The molecule has 2 aliphatic rings. The van der Waals surface area contributed by atoms with Gasteiger partial charge in [-0.25, -0.2) is 0 Å². The maximum Gasteiger partial charge on any atom is 0.193 e. The number of nitrogens with zero attached hydrogens (tertiary/aromatic N) is 2. The summed E-state index contributed by atoms with van der Waals surface area (Å²) in [6, 6.07) is 16.3. The molecule has 2 aromatic carbocycles. The molecule has 23 heavy (non-hydrogen) atoms. The van der Waals surface area contributed by atoms with Gasteiger partial charge in [0, 0.05) is 11.5 Å². The molecule has 0 amide bonds. The van der Waals surface area contributed by atoms with Crippen LogP contribution in [0.1, 0.15) is 45.8 Å². The van der Waals surface area contributed by atoms with Crippen molar-refractivity contribution >= 4 is 5.78 Å². The highest BCUT2D eigenvalue weighted by atomic mass is 16.1. The molecule has 1 heterocycles. The van der Waals surface area contributed by atoms with E-state index in [1.165, 1.54) is 11.1 Å². The molecule has 116 valence electrons. The summed E-state index contributed by atoms with van der Waals surface area (Å²) < 4.78 is 0. The van der Waals surface area contributed by atoms with Crippen LogP contribution >= 0.6 is 0 Å². The maximum atomic E-state index is 13.4. The van der Waals surface area contributed by atoms with Gasteiger partial charge in [0.1, 0.15) is 0 Å². The van der Waals surface area contributed by atoms with Gasteiger partial charge in [-0.1, -0.05) is 48.5 Å². The second-order valence-electron chi connectivity index (χ2n) is 6.60. The van der Waals surface area contributed by atoms with Gasteiger partial charge in [-0.3, -0.25) is 4.79 Å². The number of carbonyl (C=O) groups excluding carboxylic acids is 1. The molecule has 2 atom stereocenters. The summed E-state index contributed by atoms with van der Waals surface area (Å²) in [4.78, 5) is 13.4. The molecule has 0 aromatic heterocycles. The van der Waals surface area contributed by atoms with Crippen LogP contribution in [0.4, 0.5) is 0 Å². The van der Waals surface area contributed by atoms with Gasteiger partial charge in [-0.2, -0.15) is 10.2 Å². The second kappa shape index (κ2) is 5.41. The smallest absolute Gasteiger partial charge is 0.193 e. The Morgan fingerprint density at radius 2 is 1.87 bits per heavy atom. The molecule has 3 nitrogen and oxygen atoms in total. The van der Waals surface area contributed by atoms with Gasteiger partial charge in [-0.15, -0.1) is 0 Å². The van der Waals surface area contributed by atoms with E-state index in [0.29, 0.717) is 6.54 Å². The molecule has 1 aliphatic carbocycles. The number of ketones is 1. The first kappa shape index (κ1) is 14.3. The lowest BCUT2D eigenvalue weighted by Gasteiger charge is -2.30. The Morgan fingerprint density at radius 3 is 2.74 bits per heavy atom. The van der Waals surface area contributed by atoms with E-state index in [2.05, 4.69) is 35.4 Å². The number of azo groups is 1. The molecular weight excluding hydrogens is 284 g/mol. The lowest BCUT2D eigenvalue weighted by atomic mass is 9.73. The minimum Gasteiger partial charge on any atom is -0.291 e. The third-order valence-corrected chi connectivity index (χ3v) is 5.31. The zero-order chi connectivity index (χ0) is 15.9. The van der Waals surface area contributed by atoms with Crippen molar-refractivity contribution in [3.63, 3.8) is 0 Å². The van der Waals surface area contributed by atoms with Crippen LogP contribution in [0, 0.1) is 6.92 Å². The minimum atomic E-state index is -0.710. The summed E-state index contributed by atoms with van der Waals surface area (Å²) >= 11 is 0. The Bertz CT molecular complexity index is 796. The van der Waals surface area contributed by atoms with Crippen LogP contribution in [0.3, 0.4) is 0 Å². The van der Waals surface area contributed by atoms with Gasteiger partial charge in [0.25, 0.3) is 0 Å². The number of fused-ring (bicyclic) bond motifs is 1. The van der Waals surface area contributed by atoms with Gasteiger partial charge in [0.15, 0.2) is 11.3 Å². The fourth-order valence-electron chi connectivity index (χ4n) is 4.09. The van der Waals surface area contributed by atoms with Crippen molar-refractivity contribution in [3.8, 4) is 0 Å². The third-order valence-electron chi connectivity index (χ3n) is 5.31. The van der Waals surface area contributed by atoms with Crippen molar-refractivity contribution in [1.29, 1.82) is 0 Å². The van der Waals surface area contributed by atoms with E-state index < -0.39 is 5.54 Å². The highest BCUT2D eigenvalue weighted by Crippen LogP contribution is 2.45. The van der Waals surface area contributed by atoms with Crippen LogP contribution in [0.15, 0.2) is 58.8 Å². The van der Waals surface area contributed by atoms with Crippen molar-refractivity contribution in [2.75, 3.05) is 6.54 Å². The van der Waals surface area contributed by atoms with Gasteiger partial charge < -0.3 is 0 Å². The number of aryl methyl sites for hydroxylation is 2. The molecule has 4 rings (SSSR count). The summed E-state index contributed by atoms with van der Waals surface area (Å²) in [5.41, 5.74) is 3.71. The van der Waals surface area contributed by atoms with E-state index in [0.717, 1.165) is 30.4 Å². The Hall–Kier alpha value is -2.29. The molecule has 0 N–H and O–H groups in total. The summed E-state index contributed by atoms with van der Waals surface area (Å²) in [7, 11) is 0. The van der Waals surface area contributed by atoms with E-state index in [1.807, 2.05) is 30.3 Å². The third kappa shape index (κ3) is 2.14. The van der Waals surface area contributed by atoms with Crippen LogP contribution in [-0.2, 0) is 6.42 Å². The predicted octanol–water partition coefficient (Wildman–Crippen LogP) is 4.50. The van der Waals surface area contributed by atoms with Crippen molar-refractivity contribution in [2.45, 2.75) is 37.6 Å². The molecule has 2 aromatic rings. The van der Waals surface area contributed by atoms with Gasteiger partial charge in [-0.05, 0) is 42.9 Å². The maximum absolute atomic E-state index is 13.4. The van der Waals surface area contributed by atoms with Crippen LogP contribution < -0.4 is 0 Å². The van der Waals surface area contributed by atoms with Crippen LogP contribution in [0.5, 0.6) is 0 Å². The number of benzene rings is 2. The van der Waals surface area contributed by atoms with Gasteiger partial charge in [0.05, 0.1) is 6.54 Å². The Balaban J connectivity index is 1.84. The Morgan fingerprint density at radius 1 is 1.09 bits per heavy atom. The van der Waals surface area contributed by atoms with Gasteiger partial charge >= 0.3 is 0 Å². The predicted molar refractivity (Wildman–Crippen MR) is 90.1 cm³/mol. The van der Waals surface area contributed by atoms with Gasteiger partial charge in [0.2, 0.25) is 0 Å². The van der Waals surface area contributed by atoms with Crippen molar-refractivity contribution < 1.29 is 4.79 Å². The molecule has 1 aliphatic heterocycles. The van der Waals surface area contributed by atoms with Crippen molar-refractivity contribution in [1.82, 2.24) is 0 Å². The zero-order valence-electron chi connectivity index (χ0n) is 13.3. The highest BCUT2D eigenvalue weighted by Gasteiger charge is 2.51. The lowest BCUT2D eigenvalue weighted by molar-refractivity contribution is 0.0870. The molecule has 0 bridgehead atoms. The first-order chi connectivity index (χ1) is 11.2. The van der Waals surface area contributed by atoms with E-state index in [-0.39, 0.29) is 11.7 Å². The molecular formula is C20H20N2O. The molecule has 0 fully saturated rings. The topological polar surface area (TPSA) is 41.8 Å². The number of Topliss-reactive ketones (excluding diaryl/α,β-unsaturated/α-hetero) is 1. The van der Waals surface area contributed by atoms with E-state index in [1.54, 1.807) is 0 Å². The summed E-state index contributed by atoms with van der Waals surface area (Å²) in [6.45, 7) is 2.72. The molecule has 2 unspecified atom stereocenters. The van der Waals surface area contributed by atoms with Crippen LogP contribution in [0.25, 0.3) is 0 Å². The first-order valence-electron chi connectivity index (χ1n) is 8.29. The largest absolute Gasteiger partial charge is 0.291 e. The van der Waals surface area contributed by atoms with Crippen LogP contribution in [0.2, 0.25) is 0 Å². The average Bonchev–Trinajstić information content (AvgIpc) is 2.93. The van der Waals surface area contributed by atoms with E-state index in [4.69, 9.17) is 0 Å². The molecule has 0 saturated carbocycles. The standard InChI is InChI=1S/C20H20N2O/c1-14-7-2-4-10-16(14)18-13-21-22-20(18)12-6-9-15-8-3-5-11-17(15)19(20)23/h2-5,7-8,10-11,18H,6,9,12-13H2,1H3. The fourth-order valence-corrected chi connectivity index (χ4v) is 4.09. The van der Waals surface area contributed by atoms with Crippen molar-refractivity contribution in [3.05, 3.63) is 70.8 Å². The van der Waals surface area contributed by atoms with Crippen LogP contribution in [-0.4, -0.2) is 17.9 Å². The zero-order valence-corrected chi connectivity index (χ0v) is 13.3. The second-order valence-corrected chi connectivity index (χ2v) is 6.60. The minimum absolute atomic E-state index is 0.0577. The normalized spacial score (nSPS) is 26.3.